The highest BCUT2D eigenvalue weighted by atomic mass is 35.5. The fourth-order valence-corrected chi connectivity index (χ4v) is 2.13. The molecule has 3 nitrogen and oxygen atoms in total. The molecule has 0 aliphatic heterocycles. The summed E-state index contributed by atoms with van der Waals surface area (Å²) in [5.74, 6) is 0.0661. The molecule has 0 bridgehead atoms. The molecule has 0 aromatic heterocycles. The number of rotatable bonds is 6. The summed E-state index contributed by atoms with van der Waals surface area (Å²) in [5, 5.41) is 6.93. The van der Waals surface area contributed by atoms with Crippen molar-refractivity contribution in [3.05, 3.63) is 34.9 Å². The van der Waals surface area contributed by atoms with E-state index in [9.17, 15) is 4.79 Å². The van der Waals surface area contributed by atoms with Crippen LogP contribution in [0.5, 0.6) is 0 Å². The van der Waals surface area contributed by atoms with Crippen LogP contribution in [0.4, 0.5) is 0 Å². The number of hydrogen-bond acceptors (Lipinski definition) is 2. The van der Waals surface area contributed by atoms with Gasteiger partial charge in [0.2, 0.25) is 5.91 Å². The lowest BCUT2D eigenvalue weighted by Crippen LogP contribution is -2.40. The quantitative estimate of drug-likeness (QED) is 0.828. The van der Waals surface area contributed by atoms with Crippen LogP contribution in [0.15, 0.2) is 24.3 Å². The van der Waals surface area contributed by atoms with Gasteiger partial charge in [-0.3, -0.25) is 4.79 Å². The van der Waals surface area contributed by atoms with Gasteiger partial charge in [-0.05, 0) is 43.9 Å². The normalized spacial score (nSPS) is 16.3. The smallest absolute Gasteiger partial charge is 0.234 e. The van der Waals surface area contributed by atoms with E-state index in [4.69, 9.17) is 11.6 Å². The number of nitrogens with one attached hydrogen (secondary N) is 2. The van der Waals surface area contributed by atoms with Crippen molar-refractivity contribution in [3.8, 4) is 0 Å². The maximum absolute atomic E-state index is 11.6. The van der Waals surface area contributed by atoms with Crippen LogP contribution in [0, 0.1) is 0 Å². The molecule has 0 saturated heterocycles. The minimum Gasteiger partial charge on any atom is -0.352 e. The number of carbonyl (C=O) groups is 1. The van der Waals surface area contributed by atoms with Crippen LogP contribution >= 0.6 is 11.6 Å². The molecule has 1 atom stereocenters. The van der Waals surface area contributed by atoms with Crippen molar-refractivity contribution in [3.63, 3.8) is 0 Å². The Kier molecular flexibility index (Phi) is 4.61. The summed E-state index contributed by atoms with van der Waals surface area (Å²) in [6, 6.07) is 8.44. The summed E-state index contributed by atoms with van der Waals surface area (Å²) in [4.78, 5) is 11.6. The lowest BCUT2D eigenvalue weighted by atomic mass is 10.1. The van der Waals surface area contributed by atoms with Crippen LogP contribution in [0.1, 0.15) is 25.3 Å². The average molecular weight is 267 g/mol. The predicted molar refractivity (Wildman–Crippen MR) is 73.8 cm³/mol. The molecule has 1 amide bonds. The summed E-state index contributed by atoms with van der Waals surface area (Å²) in [6.45, 7) is 2.43. The van der Waals surface area contributed by atoms with E-state index in [0.29, 0.717) is 12.6 Å². The molecule has 1 fully saturated rings. The molecular formula is C14H19ClN2O. The third kappa shape index (κ3) is 4.67. The largest absolute Gasteiger partial charge is 0.352 e. The summed E-state index contributed by atoms with van der Waals surface area (Å²) >= 11 is 5.93. The van der Waals surface area contributed by atoms with Crippen LogP contribution in [0.25, 0.3) is 0 Å². The van der Waals surface area contributed by atoms with Gasteiger partial charge in [-0.2, -0.15) is 0 Å². The van der Waals surface area contributed by atoms with Crippen molar-refractivity contribution in [2.75, 3.05) is 6.54 Å². The maximum atomic E-state index is 11.6. The zero-order valence-corrected chi connectivity index (χ0v) is 11.3. The zero-order valence-electron chi connectivity index (χ0n) is 10.6. The average Bonchev–Trinajstić information content (AvgIpc) is 3.09. The van der Waals surface area contributed by atoms with Gasteiger partial charge in [-0.15, -0.1) is 0 Å². The molecule has 1 aromatic carbocycles. The first kappa shape index (κ1) is 13.4. The maximum Gasteiger partial charge on any atom is 0.234 e. The van der Waals surface area contributed by atoms with Gasteiger partial charge in [0.25, 0.3) is 0 Å². The lowest BCUT2D eigenvalue weighted by molar-refractivity contribution is -0.120. The Bertz CT molecular complexity index is 418. The van der Waals surface area contributed by atoms with E-state index < -0.39 is 0 Å². The van der Waals surface area contributed by atoms with Crippen LogP contribution in [0.3, 0.4) is 0 Å². The van der Waals surface area contributed by atoms with Crippen molar-refractivity contribution < 1.29 is 4.79 Å². The lowest BCUT2D eigenvalue weighted by Gasteiger charge is -2.14. The Morgan fingerprint density at radius 2 is 2.28 bits per heavy atom. The third-order valence-electron chi connectivity index (χ3n) is 2.97. The number of benzene rings is 1. The van der Waals surface area contributed by atoms with Gasteiger partial charge in [0.05, 0.1) is 6.54 Å². The fourth-order valence-electron chi connectivity index (χ4n) is 1.92. The predicted octanol–water partition coefficient (Wildman–Crippen LogP) is 2.14. The molecule has 0 spiro atoms. The molecule has 18 heavy (non-hydrogen) atoms. The van der Waals surface area contributed by atoms with Gasteiger partial charge in [0.15, 0.2) is 0 Å². The fraction of sp³-hybridized carbons (Fsp3) is 0.500. The van der Waals surface area contributed by atoms with E-state index in [0.717, 1.165) is 17.0 Å². The third-order valence-corrected chi connectivity index (χ3v) is 3.20. The van der Waals surface area contributed by atoms with Gasteiger partial charge >= 0.3 is 0 Å². The first-order valence-corrected chi connectivity index (χ1v) is 6.78. The summed E-state index contributed by atoms with van der Waals surface area (Å²) in [5.41, 5.74) is 1.14. The molecule has 1 unspecified atom stereocenters. The Morgan fingerprint density at radius 3 is 2.94 bits per heavy atom. The van der Waals surface area contributed by atoms with Gasteiger partial charge in [-0.1, -0.05) is 23.7 Å². The summed E-state index contributed by atoms with van der Waals surface area (Å²) < 4.78 is 0. The second kappa shape index (κ2) is 6.21. The minimum atomic E-state index is 0.0661. The Balaban J connectivity index is 1.73. The highest BCUT2D eigenvalue weighted by Crippen LogP contribution is 2.18. The molecule has 2 N–H and O–H groups in total. The van der Waals surface area contributed by atoms with Gasteiger partial charge in [0.1, 0.15) is 0 Å². The monoisotopic (exact) mass is 266 g/mol. The van der Waals surface area contributed by atoms with Gasteiger partial charge < -0.3 is 10.6 Å². The van der Waals surface area contributed by atoms with Crippen LogP contribution in [-0.4, -0.2) is 24.5 Å². The Labute approximate surface area is 113 Å². The van der Waals surface area contributed by atoms with E-state index in [1.807, 2.05) is 31.2 Å². The molecule has 1 aliphatic rings. The standard InChI is InChI=1S/C14H19ClN2O/c1-10(7-11-3-2-4-12(15)8-11)17-14(18)9-16-13-5-6-13/h2-4,8,10,13,16H,5-7,9H2,1H3,(H,17,18). The number of carbonyl (C=O) groups excluding carboxylic acids is 1. The van der Waals surface area contributed by atoms with Crippen LogP contribution < -0.4 is 10.6 Å². The van der Waals surface area contributed by atoms with Crippen LogP contribution in [-0.2, 0) is 11.2 Å². The zero-order chi connectivity index (χ0) is 13.0. The Morgan fingerprint density at radius 1 is 1.50 bits per heavy atom. The Hall–Kier alpha value is -1.06. The first-order chi connectivity index (χ1) is 8.63. The van der Waals surface area contributed by atoms with E-state index in [1.165, 1.54) is 12.8 Å². The van der Waals surface area contributed by atoms with E-state index in [-0.39, 0.29) is 11.9 Å². The number of halogens is 1. The topological polar surface area (TPSA) is 41.1 Å². The van der Waals surface area contributed by atoms with E-state index in [2.05, 4.69) is 10.6 Å². The molecule has 1 aliphatic carbocycles. The molecule has 1 aromatic rings. The SMILES string of the molecule is CC(Cc1cccc(Cl)c1)NC(=O)CNC1CC1. The van der Waals surface area contributed by atoms with E-state index >= 15 is 0 Å². The molecule has 1 saturated carbocycles. The first-order valence-electron chi connectivity index (χ1n) is 6.40. The molecule has 4 heteroatoms. The van der Waals surface area contributed by atoms with Crippen molar-refractivity contribution >= 4 is 17.5 Å². The highest BCUT2D eigenvalue weighted by Gasteiger charge is 2.21. The minimum absolute atomic E-state index is 0.0661. The van der Waals surface area contributed by atoms with Gasteiger partial charge in [0, 0.05) is 17.1 Å². The molecule has 2 rings (SSSR count). The number of amides is 1. The van der Waals surface area contributed by atoms with Crippen molar-refractivity contribution in [1.29, 1.82) is 0 Å². The second-order valence-electron chi connectivity index (χ2n) is 4.96. The number of hydrogen-bond donors (Lipinski definition) is 2. The van der Waals surface area contributed by atoms with Crippen molar-refractivity contribution in [2.45, 2.75) is 38.3 Å². The van der Waals surface area contributed by atoms with Crippen molar-refractivity contribution in [2.24, 2.45) is 0 Å². The highest BCUT2D eigenvalue weighted by molar-refractivity contribution is 6.30. The molecule has 98 valence electrons. The second-order valence-corrected chi connectivity index (χ2v) is 5.39. The molecular weight excluding hydrogens is 248 g/mol. The molecule has 0 radical (unpaired) electrons. The molecule has 0 heterocycles. The summed E-state index contributed by atoms with van der Waals surface area (Å²) in [7, 11) is 0. The summed E-state index contributed by atoms with van der Waals surface area (Å²) in [6.07, 6.45) is 3.20. The van der Waals surface area contributed by atoms with Crippen LogP contribution in [0.2, 0.25) is 5.02 Å². The van der Waals surface area contributed by atoms with Gasteiger partial charge in [-0.25, -0.2) is 0 Å². The van der Waals surface area contributed by atoms with Crippen molar-refractivity contribution in [1.82, 2.24) is 10.6 Å². The van der Waals surface area contributed by atoms with E-state index in [1.54, 1.807) is 0 Å².